The normalized spacial score (nSPS) is 18.6. The molecule has 1 aliphatic heterocycles. The molecule has 0 saturated heterocycles. The van der Waals surface area contributed by atoms with Crippen LogP contribution in [0.4, 0.5) is 0 Å². The summed E-state index contributed by atoms with van der Waals surface area (Å²) >= 11 is 0. The van der Waals surface area contributed by atoms with Crippen LogP contribution in [0.2, 0.25) is 0 Å². The van der Waals surface area contributed by atoms with Gasteiger partial charge in [0.1, 0.15) is 6.10 Å². The van der Waals surface area contributed by atoms with Crippen molar-refractivity contribution in [2.24, 2.45) is 0 Å². The van der Waals surface area contributed by atoms with Gasteiger partial charge in [0.2, 0.25) is 0 Å². The standard InChI is InChI=1S/C15H12O/c1-2-8-13-12(6-1)7-5-9-14(13)15-10-3-4-11-16-15/h1-11,15H. The van der Waals surface area contributed by atoms with E-state index in [0.717, 1.165) is 0 Å². The number of hydrogen-bond acceptors (Lipinski definition) is 1. The first-order valence-corrected chi connectivity index (χ1v) is 5.41. The third kappa shape index (κ3) is 1.50. The highest BCUT2D eigenvalue weighted by Crippen LogP contribution is 2.28. The van der Waals surface area contributed by atoms with Crippen molar-refractivity contribution in [2.45, 2.75) is 6.10 Å². The van der Waals surface area contributed by atoms with Crippen molar-refractivity contribution < 1.29 is 4.74 Å². The number of ether oxygens (including phenoxy) is 1. The van der Waals surface area contributed by atoms with E-state index in [4.69, 9.17) is 4.74 Å². The zero-order valence-electron chi connectivity index (χ0n) is 8.84. The number of benzene rings is 2. The molecule has 1 unspecified atom stereocenters. The zero-order valence-corrected chi connectivity index (χ0v) is 8.84. The van der Waals surface area contributed by atoms with Gasteiger partial charge in [0.05, 0.1) is 6.26 Å². The molecular weight excluding hydrogens is 196 g/mol. The molecule has 0 saturated carbocycles. The maximum Gasteiger partial charge on any atom is 0.142 e. The summed E-state index contributed by atoms with van der Waals surface area (Å²) in [5, 5.41) is 2.52. The Bertz CT molecular complexity index is 561. The predicted molar refractivity (Wildman–Crippen MR) is 66.1 cm³/mol. The maximum atomic E-state index is 5.60. The molecule has 0 amide bonds. The summed E-state index contributed by atoms with van der Waals surface area (Å²) in [6.07, 6.45) is 7.78. The number of hydrogen-bond donors (Lipinski definition) is 0. The first kappa shape index (κ1) is 9.22. The van der Waals surface area contributed by atoms with E-state index in [0.29, 0.717) is 0 Å². The van der Waals surface area contributed by atoms with Crippen LogP contribution in [0.3, 0.4) is 0 Å². The highest BCUT2D eigenvalue weighted by Gasteiger charge is 2.12. The summed E-state index contributed by atoms with van der Waals surface area (Å²) in [5.41, 5.74) is 1.22. The molecule has 2 aromatic rings. The van der Waals surface area contributed by atoms with Crippen LogP contribution < -0.4 is 0 Å². The number of allylic oxidation sites excluding steroid dienone is 2. The molecule has 1 nitrogen and oxygen atoms in total. The fourth-order valence-electron chi connectivity index (χ4n) is 2.06. The van der Waals surface area contributed by atoms with Gasteiger partial charge in [-0.1, -0.05) is 48.5 Å². The Labute approximate surface area is 94.7 Å². The molecule has 0 aromatic heterocycles. The monoisotopic (exact) mass is 208 g/mol. The minimum atomic E-state index is 0.0381. The Balaban J connectivity index is 2.16. The van der Waals surface area contributed by atoms with Crippen LogP contribution in [0.25, 0.3) is 10.8 Å². The van der Waals surface area contributed by atoms with E-state index in [1.165, 1.54) is 16.3 Å². The molecular formula is C15H12O. The van der Waals surface area contributed by atoms with E-state index in [9.17, 15) is 0 Å². The molecule has 1 heterocycles. The third-order valence-electron chi connectivity index (χ3n) is 2.83. The minimum Gasteiger partial charge on any atom is -0.489 e. The summed E-state index contributed by atoms with van der Waals surface area (Å²) in [5.74, 6) is 0. The van der Waals surface area contributed by atoms with Crippen molar-refractivity contribution in [1.82, 2.24) is 0 Å². The van der Waals surface area contributed by atoms with Crippen molar-refractivity contribution >= 4 is 10.8 Å². The summed E-state index contributed by atoms with van der Waals surface area (Å²) in [4.78, 5) is 0. The van der Waals surface area contributed by atoms with Gasteiger partial charge in [0.25, 0.3) is 0 Å². The quantitative estimate of drug-likeness (QED) is 0.688. The van der Waals surface area contributed by atoms with Crippen LogP contribution in [0, 0.1) is 0 Å². The molecule has 78 valence electrons. The summed E-state index contributed by atoms with van der Waals surface area (Å²) in [6.45, 7) is 0. The highest BCUT2D eigenvalue weighted by molar-refractivity contribution is 5.86. The molecule has 0 N–H and O–H groups in total. The van der Waals surface area contributed by atoms with Gasteiger partial charge < -0.3 is 4.74 Å². The lowest BCUT2D eigenvalue weighted by Crippen LogP contribution is -2.00. The van der Waals surface area contributed by atoms with Crippen molar-refractivity contribution in [2.75, 3.05) is 0 Å². The van der Waals surface area contributed by atoms with Crippen LogP contribution in [-0.2, 0) is 4.74 Å². The van der Waals surface area contributed by atoms with Gasteiger partial charge >= 0.3 is 0 Å². The van der Waals surface area contributed by atoms with Crippen LogP contribution in [0.1, 0.15) is 11.7 Å². The lowest BCUT2D eigenvalue weighted by Gasteiger charge is -2.17. The topological polar surface area (TPSA) is 9.23 Å². The smallest absolute Gasteiger partial charge is 0.142 e. The van der Waals surface area contributed by atoms with Crippen molar-refractivity contribution in [3.63, 3.8) is 0 Å². The molecule has 0 radical (unpaired) electrons. The predicted octanol–water partition coefficient (Wildman–Crippen LogP) is 3.98. The number of fused-ring (bicyclic) bond motifs is 1. The van der Waals surface area contributed by atoms with Crippen LogP contribution in [0.15, 0.2) is 67.0 Å². The Morgan fingerprint density at radius 3 is 2.62 bits per heavy atom. The lowest BCUT2D eigenvalue weighted by molar-refractivity contribution is 0.187. The first-order chi connectivity index (χ1) is 7.95. The average Bonchev–Trinajstić information content (AvgIpc) is 2.39. The van der Waals surface area contributed by atoms with E-state index in [1.807, 2.05) is 12.2 Å². The van der Waals surface area contributed by atoms with Crippen LogP contribution in [0.5, 0.6) is 0 Å². The van der Waals surface area contributed by atoms with Gasteiger partial charge in [-0.15, -0.1) is 0 Å². The molecule has 3 rings (SSSR count). The molecule has 1 atom stereocenters. The molecule has 1 heteroatoms. The summed E-state index contributed by atoms with van der Waals surface area (Å²) < 4.78 is 5.60. The van der Waals surface area contributed by atoms with Gasteiger partial charge in [-0.2, -0.15) is 0 Å². The van der Waals surface area contributed by atoms with Crippen molar-refractivity contribution in [3.05, 3.63) is 72.5 Å². The molecule has 16 heavy (non-hydrogen) atoms. The van der Waals surface area contributed by atoms with E-state index < -0.39 is 0 Å². The first-order valence-electron chi connectivity index (χ1n) is 5.41. The van der Waals surface area contributed by atoms with E-state index in [2.05, 4.69) is 48.5 Å². The molecule has 0 bridgehead atoms. The lowest BCUT2D eigenvalue weighted by atomic mass is 10.00. The summed E-state index contributed by atoms with van der Waals surface area (Å²) in [6, 6.07) is 14.7. The van der Waals surface area contributed by atoms with Gasteiger partial charge in [-0.05, 0) is 22.9 Å². The van der Waals surface area contributed by atoms with Crippen molar-refractivity contribution in [1.29, 1.82) is 0 Å². The second kappa shape index (κ2) is 3.86. The van der Waals surface area contributed by atoms with Gasteiger partial charge in [0.15, 0.2) is 0 Å². The van der Waals surface area contributed by atoms with Crippen LogP contribution in [-0.4, -0.2) is 0 Å². The second-order valence-corrected chi connectivity index (χ2v) is 3.84. The largest absolute Gasteiger partial charge is 0.489 e. The SMILES string of the molecule is C1=COC(c2cccc3ccccc23)C=C1. The number of rotatable bonds is 1. The third-order valence-corrected chi connectivity index (χ3v) is 2.83. The molecule has 0 spiro atoms. The average molecular weight is 208 g/mol. The Morgan fingerprint density at radius 1 is 0.875 bits per heavy atom. The Morgan fingerprint density at radius 2 is 1.75 bits per heavy atom. The zero-order chi connectivity index (χ0) is 10.8. The molecule has 0 aliphatic carbocycles. The van der Waals surface area contributed by atoms with Gasteiger partial charge in [-0.25, -0.2) is 0 Å². The van der Waals surface area contributed by atoms with E-state index in [-0.39, 0.29) is 6.10 Å². The Kier molecular flexibility index (Phi) is 2.22. The van der Waals surface area contributed by atoms with E-state index in [1.54, 1.807) is 6.26 Å². The fourth-order valence-corrected chi connectivity index (χ4v) is 2.06. The Hall–Kier alpha value is -2.02. The van der Waals surface area contributed by atoms with E-state index >= 15 is 0 Å². The maximum absolute atomic E-state index is 5.60. The van der Waals surface area contributed by atoms with Gasteiger partial charge in [0, 0.05) is 5.56 Å². The summed E-state index contributed by atoms with van der Waals surface area (Å²) in [7, 11) is 0. The second-order valence-electron chi connectivity index (χ2n) is 3.84. The molecule has 1 aliphatic rings. The van der Waals surface area contributed by atoms with Gasteiger partial charge in [-0.3, -0.25) is 0 Å². The molecule has 0 fully saturated rings. The molecule has 2 aromatic carbocycles. The van der Waals surface area contributed by atoms with Crippen LogP contribution >= 0.6 is 0 Å². The minimum absolute atomic E-state index is 0.0381. The fraction of sp³-hybridized carbons (Fsp3) is 0.0667. The van der Waals surface area contributed by atoms with Crippen molar-refractivity contribution in [3.8, 4) is 0 Å². The highest BCUT2D eigenvalue weighted by atomic mass is 16.5.